The molecule has 5 saturated heterocycles. The number of carbonyl (C=O) groups excluding carboxylic acids is 8. The molecule has 27 nitrogen and oxygen atoms in total. The average molecular weight is 1570 g/mol. The van der Waals surface area contributed by atoms with Gasteiger partial charge in [-0.25, -0.2) is 0 Å². The van der Waals surface area contributed by atoms with E-state index in [1.807, 2.05) is 0 Å². The summed E-state index contributed by atoms with van der Waals surface area (Å²) < 4.78 is 26.7. The van der Waals surface area contributed by atoms with Crippen LogP contribution in [-0.4, -0.2) is 199 Å². The molecule has 1 aromatic rings. The van der Waals surface area contributed by atoms with Gasteiger partial charge in [-0.15, -0.1) is 0 Å². The fourth-order valence-corrected chi connectivity index (χ4v) is 7.77. The van der Waals surface area contributed by atoms with Crippen LogP contribution >= 0.6 is 0 Å². The van der Waals surface area contributed by atoms with E-state index >= 15 is 0 Å². The predicted octanol–water partition coefficient (Wildman–Crippen LogP) is -6.19. The van der Waals surface area contributed by atoms with Crippen molar-refractivity contribution in [2.45, 2.75) is 141 Å². The molecule has 32 heteroatoms. The van der Waals surface area contributed by atoms with Crippen molar-refractivity contribution < 1.29 is 210 Å². The van der Waals surface area contributed by atoms with Crippen LogP contribution in [-0.2, 0) is 178 Å². The Morgan fingerprint density at radius 2 is 0.663 bits per heavy atom. The van der Waals surface area contributed by atoms with Crippen LogP contribution in [0.4, 0.5) is 0 Å². The summed E-state index contributed by atoms with van der Waals surface area (Å²) in [6, 6.07) is 4.25. The van der Waals surface area contributed by atoms with Crippen LogP contribution < -0.4 is 51.1 Å². The molecule has 0 bridgehead atoms. The minimum absolute atomic E-state index is 0. The first-order valence-corrected chi connectivity index (χ1v) is 28.3. The van der Waals surface area contributed by atoms with Gasteiger partial charge in [0.15, 0.2) is 12.8 Å². The first-order chi connectivity index (χ1) is 40.2. The minimum atomic E-state index is -1.08. The minimum Gasteiger partial charge on any atom is -0.872 e. The number of benzene rings is 1. The zero-order valence-corrected chi connectivity index (χ0v) is 72.1. The van der Waals surface area contributed by atoms with Crippen molar-refractivity contribution in [1.29, 1.82) is 0 Å². The fraction of sp³-hybridized carbons (Fsp3) is 0.700. The second kappa shape index (κ2) is 63.8. The monoisotopic (exact) mass is 1560 g/mol. The van der Waals surface area contributed by atoms with Crippen molar-refractivity contribution in [1.82, 2.24) is 19.6 Å². The number of hydrogen-bond acceptors (Lipinski definition) is 27. The van der Waals surface area contributed by atoms with Crippen LogP contribution in [0.5, 0.6) is 5.75 Å². The Bertz CT molecular complexity index is 1920. The van der Waals surface area contributed by atoms with Crippen LogP contribution in [0, 0.1) is 17.3 Å². The summed E-state index contributed by atoms with van der Waals surface area (Å²) in [6.45, 7) is 39.8. The molecule has 0 N–H and O–H groups in total. The Morgan fingerprint density at radius 3 is 0.891 bits per heavy atom. The number of rotatable bonds is 8. The topological polar surface area (TPSA) is 426 Å². The Hall–Kier alpha value is -3.18. The maximum Gasteiger partial charge on any atom is 2.00 e. The SMILES string of the molecule is C1CCOC1.CC(=O)[O-].CC(=O)[O-].CC(=O)[O-].CC(=O)[O-].CC(=O)[O-].CC(=O)[O-].CC(=O)[O-].CC(=O)[O-].CC(C)(C)[C+]1CC(CN2CCOCC2)=C([O-])[C+](CN2CCOCC2)C1.CC(C)(C)c1cc(CN2CCOCC2)c([O-])c(CN2CCOCC2)c1.[Zn+2].[Zn+2].[Zn+2].[Zn+2].[Zn]. The summed E-state index contributed by atoms with van der Waals surface area (Å²) in [4.78, 5) is 80.5. The molecule has 0 aromatic heterocycles. The van der Waals surface area contributed by atoms with Crippen molar-refractivity contribution in [2.75, 3.05) is 132 Å². The number of carboxylic acids is 8. The molecule has 5 aliphatic heterocycles. The second-order valence-corrected chi connectivity index (χ2v) is 21.9. The van der Waals surface area contributed by atoms with E-state index in [1.54, 1.807) is 0 Å². The first kappa shape index (κ1) is 108. The number of aliphatic carboxylic acids is 8. The van der Waals surface area contributed by atoms with E-state index < -0.39 is 47.8 Å². The number of carboxylic acid groups (broad SMARTS) is 8. The molecule has 0 atom stereocenters. The Balaban J connectivity index is -0.000000135. The van der Waals surface area contributed by atoms with E-state index in [1.165, 1.54) is 24.3 Å². The van der Waals surface area contributed by atoms with Crippen molar-refractivity contribution in [3.8, 4) is 5.75 Å². The van der Waals surface area contributed by atoms with Crippen molar-refractivity contribution >= 4 is 47.8 Å². The van der Waals surface area contributed by atoms with Gasteiger partial charge in [-0.3, -0.25) is 19.6 Å². The van der Waals surface area contributed by atoms with Crippen molar-refractivity contribution in [3.05, 3.63) is 52.0 Å². The smallest absolute Gasteiger partial charge is 0.872 e. The van der Waals surface area contributed by atoms with E-state index in [0.29, 0.717) is 5.76 Å². The van der Waals surface area contributed by atoms with Gasteiger partial charge >= 0.3 is 77.9 Å². The molecule has 0 saturated carbocycles. The van der Waals surface area contributed by atoms with Gasteiger partial charge in [-0.1, -0.05) is 38.7 Å². The number of ether oxygens (including phenoxy) is 5. The van der Waals surface area contributed by atoms with E-state index in [9.17, 15) is 10.2 Å². The Kier molecular flexibility index (Phi) is 74.6. The van der Waals surface area contributed by atoms with Crippen LogP contribution in [0.1, 0.15) is 139 Å². The van der Waals surface area contributed by atoms with Crippen molar-refractivity contribution in [3.63, 3.8) is 0 Å². The Labute approximate surface area is 609 Å². The number of morpholine rings is 4. The fourth-order valence-electron chi connectivity index (χ4n) is 7.77. The average Bonchev–Trinajstić information content (AvgIpc) is 0.866. The van der Waals surface area contributed by atoms with Gasteiger partial charge in [0.1, 0.15) is 22.8 Å². The van der Waals surface area contributed by atoms with Gasteiger partial charge in [0, 0.05) is 146 Å². The third-order valence-electron chi connectivity index (χ3n) is 11.5. The molecule has 0 spiro atoms. The molecule has 92 heavy (non-hydrogen) atoms. The third-order valence-corrected chi connectivity index (χ3v) is 11.5. The maximum absolute atomic E-state index is 13.1. The summed E-state index contributed by atoms with van der Waals surface area (Å²) >= 11 is 0. The molecular formula is C60H96N4O23Zn5. The normalized spacial score (nSPS) is 15.9. The quantitative estimate of drug-likeness (QED) is 0.173. The predicted molar refractivity (Wildman–Crippen MR) is 299 cm³/mol. The maximum atomic E-state index is 13.1. The summed E-state index contributed by atoms with van der Waals surface area (Å²) in [5.74, 6) is -5.54. The molecule has 1 aliphatic carbocycles. The summed E-state index contributed by atoms with van der Waals surface area (Å²) in [7, 11) is 0. The number of carbonyl (C=O) groups is 8. The molecule has 5 heterocycles. The van der Waals surface area contributed by atoms with E-state index in [4.69, 9.17) is 103 Å². The molecule has 0 amide bonds. The van der Waals surface area contributed by atoms with Crippen LogP contribution in [0.15, 0.2) is 23.5 Å². The van der Waals surface area contributed by atoms with Gasteiger partial charge in [0.25, 0.3) is 0 Å². The molecule has 0 radical (unpaired) electrons. The molecule has 504 valence electrons. The van der Waals surface area contributed by atoms with E-state index in [0.717, 1.165) is 235 Å². The molecule has 5 fully saturated rings. The molecule has 1 aromatic carbocycles. The molecule has 7 rings (SSSR count). The zero-order chi connectivity index (χ0) is 67.9. The summed E-state index contributed by atoms with van der Waals surface area (Å²) in [6.07, 6.45) is 4.29. The molecular weight excluding hydrogens is 1470 g/mol. The van der Waals surface area contributed by atoms with Gasteiger partial charge in [0.05, 0.1) is 71.7 Å². The van der Waals surface area contributed by atoms with Gasteiger partial charge in [-0.2, -0.15) is 0 Å². The van der Waals surface area contributed by atoms with E-state index in [-0.39, 0.29) is 114 Å². The molecule has 0 unspecified atom stereocenters. The van der Waals surface area contributed by atoms with Crippen LogP contribution in [0.25, 0.3) is 0 Å². The third kappa shape index (κ3) is 72.6. The summed E-state index contributed by atoms with van der Waals surface area (Å²) in [5.41, 5.74) is 4.37. The number of hydrogen-bond donors (Lipinski definition) is 0. The van der Waals surface area contributed by atoms with Crippen molar-refractivity contribution in [2.24, 2.45) is 5.41 Å². The Morgan fingerprint density at radius 1 is 0.424 bits per heavy atom. The largest absolute Gasteiger partial charge is 2.00 e. The number of nitrogens with zero attached hydrogens (tertiary/aromatic N) is 4. The summed E-state index contributed by atoms with van der Waals surface area (Å²) in [5, 5.41) is 97.3. The standard InChI is InChI=1S/C20H33N2O3.C20H32N2O3.C4H8O.8C2H4O2.5Zn/c2*1-20(2,3)18-12-16(14-21-4-8-24-9-5-21)19(23)17(13-18)15-22-6-10-25-11-7-22;1-2-4-5-3-1;8*1-2(3)4;;;;;/h4-15H2,1-3H3;12-13,23H,4-11,14-15H2,1-3H3;1-4H2;8*1H3,(H,3,4);;;;;/q+1;;;;;;;;;;;;4*+2/p-9. The van der Waals surface area contributed by atoms with Gasteiger partial charge in [-0.05, 0) is 111 Å². The second-order valence-electron chi connectivity index (χ2n) is 21.9. The van der Waals surface area contributed by atoms with Gasteiger partial charge < -0.3 is 113 Å². The first-order valence-electron chi connectivity index (χ1n) is 28.3. The van der Waals surface area contributed by atoms with Crippen LogP contribution in [0.3, 0.4) is 0 Å². The van der Waals surface area contributed by atoms with Gasteiger partial charge in [0.2, 0.25) is 0 Å². The molecule has 6 aliphatic rings. The zero-order valence-electron chi connectivity index (χ0n) is 57.3. The van der Waals surface area contributed by atoms with E-state index in [2.05, 4.69) is 73.3 Å². The van der Waals surface area contributed by atoms with Crippen LogP contribution in [0.2, 0.25) is 0 Å².